The lowest BCUT2D eigenvalue weighted by atomic mass is 10.2. The van der Waals surface area contributed by atoms with E-state index in [9.17, 15) is 4.79 Å². The summed E-state index contributed by atoms with van der Waals surface area (Å²) >= 11 is 11.6. The number of alkyl halides is 2. The lowest BCUT2D eigenvalue weighted by Gasteiger charge is -2.09. The van der Waals surface area contributed by atoms with E-state index in [1.165, 1.54) is 0 Å². The number of carbonyl (C=O) groups is 1. The van der Waals surface area contributed by atoms with Gasteiger partial charge in [-0.05, 0) is 12.5 Å². The Morgan fingerprint density at radius 1 is 1.53 bits per heavy atom. The van der Waals surface area contributed by atoms with Gasteiger partial charge in [-0.15, -0.1) is 23.2 Å². The monoisotopic (exact) mass is 273 g/mol. The minimum absolute atomic E-state index is 0.110. The fraction of sp³-hybridized carbons (Fsp3) is 0.417. The molecule has 92 valence electrons. The third kappa shape index (κ3) is 2.85. The number of para-hydroxylation sites is 1. The molecule has 0 aliphatic heterocycles. The topological polar surface area (TPSA) is 38.3 Å². The molecule has 0 saturated heterocycles. The van der Waals surface area contributed by atoms with E-state index in [-0.39, 0.29) is 11.8 Å². The summed E-state index contributed by atoms with van der Waals surface area (Å²) < 4.78 is 4.32. The van der Waals surface area contributed by atoms with Crippen molar-refractivity contribution in [3.8, 4) is 5.75 Å². The van der Waals surface area contributed by atoms with Crippen LogP contribution in [0.15, 0.2) is 24.3 Å². The zero-order chi connectivity index (χ0) is 12.5. The Kier molecular flexibility index (Phi) is 3.50. The van der Waals surface area contributed by atoms with E-state index in [0.29, 0.717) is 13.0 Å². The minimum Gasteiger partial charge on any atom is -0.496 e. The summed E-state index contributed by atoms with van der Waals surface area (Å²) in [6.07, 6.45) is 0.522. The number of amides is 1. The van der Waals surface area contributed by atoms with E-state index >= 15 is 0 Å². The van der Waals surface area contributed by atoms with Crippen molar-refractivity contribution in [1.82, 2.24) is 5.32 Å². The van der Waals surface area contributed by atoms with Gasteiger partial charge in [-0.25, -0.2) is 0 Å². The number of hydrogen-bond acceptors (Lipinski definition) is 2. The second-order valence-corrected chi connectivity index (χ2v) is 5.59. The molecule has 1 aliphatic carbocycles. The maximum Gasteiger partial charge on any atom is 0.226 e. The Morgan fingerprint density at radius 2 is 2.18 bits per heavy atom. The van der Waals surface area contributed by atoms with Gasteiger partial charge < -0.3 is 10.1 Å². The largest absolute Gasteiger partial charge is 0.496 e. The predicted molar refractivity (Wildman–Crippen MR) is 67.4 cm³/mol. The van der Waals surface area contributed by atoms with Crippen molar-refractivity contribution < 1.29 is 9.53 Å². The number of benzene rings is 1. The molecule has 1 aromatic carbocycles. The van der Waals surface area contributed by atoms with E-state index in [2.05, 4.69) is 5.32 Å². The standard InChI is InChI=1S/C12H13Cl2NO2/c1-17-10-5-3-2-4-8(10)7-15-11(16)9-6-12(9,13)14/h2-5,9H,6-7H2,1H3,(H,15,16)/t9-/m1/s1. The maximum absolute atomic E-state index is 11.7. The molecule has 2 rings (SSSR count). The maximum atomic E-state index is 11.7. The van der Waals surface area contributed by atoms with Crippen molar-refractivity contribution in [2.45, 2.75) is 17.3 Å². The summed E-state index contributed by atoms with van der Waals surface area (Å²) in [6.45, 7) is 0.420. The van der Waals surface area contributed by atoms with Crippen LogP contribution in [0.25, 0.3) is 0 Å². The van der Waals surface area contributed by atoms with Gasteiger partial charge in [0, 0.05) is 12.1 Å². The minimum atomic E-state index is -0.870. The molecule has 0 spiro atoms. The molecule has 1 aliphatic rings. The second kappa shape index (κ2) is 4.75. The third-order valence-corrected chi connectivity index (χ3v) is 3.62. The number of ether oxygens (including phenoxy) is 1. The van der Waals surface area contributed by atoms with Gasteiger partial charge in [0.2, 0.25) is 5.91 Å². The molecule has 5 heteroatoms. The smallest absolute Gasteiger partial charge is 0.226 e. The van der Waals surface area contributed by atoms with Crippen molar-refractivity contribution in [2.75, 3.05) is 7.11 Å². The molecule has 1 atom stereocenters. The molecular weight excluding hydrogens is 261 g/mol. The summed E-state index contributed by atoms with van der Waals surface area (Å²) in [5, 5.41) is 2.80. The molecule has 1 saturated carbocycles. The van der Waals surface area contributed by atoms with E-state index in [0.717, 1.165) is 11.3 Å². The molecule has 1 amide bonds. The molecule has 17 heavy (non-hydrogen) atoms. The molecule has 0 unspecified atom stereocenters. The van der Waals surface area contributed by atoms with Crippen LogP contribution in [-0.2, 0) is 11.3 Å². The van der Waals surface area contributed by atoms with E-state index in [4.69, 9.17) is 27.9 Å². The summed E-state index contributed by atoms with van der Waals surface area (Å²) in [7, 11) is 1.60. The van der Waals surface area contributed by atoms with Gasteiger partial charge in [0.05, 0.1) is 13.0 Å². The van der Waals surface area contributed by atoms with Crippen molar-refractivity contribution in [3.05, 3.63) is 29.8 Å². The Hall–Kier alpha value is -0.930. The van der Waals surface area contributed by atoms with Crippen LogP contribution in [0.2, 0.25) is 0 Å². The number of carbonyl (C=O) groups excluding carboxylic acids is 1. The number of hydrogen-bond donors (Lipinski definition) is 1. The summed E-state index contributed by atoms with van der Waals surface area (Å²) in [6, 6.07) is 7.54. The third-order valence-electron chi connectivity index (χ3n) is 2.79. The lowest BCUT2D eigenvalue weighted by molar-refractivity contribution is -0.122. The SMILES string of the molecule is COc1ccccc1CNC(=O)[C@H]1CC1(Cl)Cl. The molecule has 3 nitrogen and oxygen atoms in total. The zero-order valence-corrected chi connectivity index (χ0v) is 10.9. The molecule has 1 N–H and O–H groups in total. The molecule has 1 aromatic rings. The molecular formula is C12H13Cl2NO2. The van der Waals surface area contributed by atoms with Gasteiger partial charge in [-0.3, -0.25) is 4.79 Å². The van der Waals surface area contributed by atoms with Crippen LogP contribution in [0.4, 0.5) is 0 Å². The van der Waals surface area contributed by atoms with Crippen molar-refractivity contribution in [1.29, 1.82) is 0 Å². The number of methoxy groups -OCH3 is 1. The van der Waals surface area contributed by atoms with Crippen LogP contribution in [0.5, 0.6) is 5.75 Å². The van der Waals surface area contributed by atoms with Crippen LogP contribution < -0.4 is 10.1 Å². The predicted octanol–water partition coefficient (Wildman–Crippen LogP) is 2.51. The first-order valence-corrected chi connectivity index (χ1v) is 6.07. The number of nitrogens with one attached hydrogen (secondary N) is 1. The van der Waals surface area contributed by atoms with E-state index in [1.54, 1.807) is 7.11 Å². The molecule has 0 radical (unpaired) electrons. The lowest BCUT2D eigenvalue weighted by Crippen LogP contribution is -2.26. The van der Waals surface area contributed by atoms with Crippen molar-refractivity contribution in [2.24, 2.45) is 5.92 Å². The van der Waals surface area contributed by atoms with Gasteiger partial charge >= 0.3 is 0 Å². The summed E-state index contributed by atoms with van der Waals surface area (Å²) in [5.41, 5.74) is 0.929. The van der Waals surface area contributed by atoms with Crippen LogP contribution in [0.1, 0.15) is 12.0 Å². The average Bonchev–Trinajstić information content (AvgIpc) is 2.96. The Bertz CT molecular complexity index is 434. The Balaban J connectivity index is 1.92. The fourth-order valence-electron chi connectivity index (χ4n) is 1.65. The molecule has 0 heterocycles. The van der Waals surface area contributed by atoms with Gasteiger partial charge in [-0.2, -0.15) is 0 Å². The molecule has 0 bridgehead atoms. The van der Waals surface area contributed by atoms with Gasteiger partial charge in [0.25, 0.3) is 0 Å². The highest BCUT2D eigenvalue weighted by molar-refractivity contribution is 6.52. The normalized spacial score (nSPS) is 20.8. The Morgan fingerprint density at radius 3 is 2.76 bits per heavy atom. The van der Waals surface area contributed by atoms with Gasteiger partial charge in [-0.1, -0.05) is 18.2 Å². The highest BCUT2D eigenvalue weighted by Crippen LogP contribution is 2.53. The van der Waals surface area contributed by atoms with Crippen LogP contribution in [0, 0.1) is 5.92 Å². The second-order valence-electron chi connectivity index (χ2n) is 4.05. The summed E-state index contributed by atoms with van der Waals surface area (Å²) in [5.74, 6) is 0.355. The van der Waals surface area contributed by atoms with Gasteiger partial charge in [0.15, 0.2) is 0 Å². The highest BCUT2D eigenvalue weighted by atomic mass is 35.5. The highest BCUT2D eigenvalue weighted by Gasteiger charge is 2.56. The first-order valence-electron chi connectivity index (χ1n) is 5.32. The quantitative estimate of drug-likeness (QED) is 0.857. The Labute approximate surface area is 110 Å². The van der Waals surface area contributed by atoms with Crippen LogP contribution >= 0.6 is 23.2 Å². The first-order chi connectivity index (χ1) is 8.04. The van der Waals surface area contributed by atoms with Crippen LogP contribution in [0.3, 0.4) is 0 Å². The fourth-order valence-corrected chi connectivity index (χ4v) is 2.16. The van der Waals surface area contributed by atoms with E-state index in [1.807, 2.05) is 24.3 Å². The van der Waals surface area contributed by atoms with E-state index < -0.39 is 4.33 Å². The molecule has 0 aromatic heterocycles. The molecule has 1 fully saturated rings. The van der Waals surface area contributed by atoms with Crippen molar-refractivity contribution >= 4 is 29.1 Å². The average molecular weight is 274 g/mol. The number of rotatable bonds is 4. The zero-order valence-electron chi connectivity index (χ0n) is 9.37. The van der Waals surface area contributed by atoms with Gasteiger partial charge in [0.1, 0.15) is 10.1 Å². The van der Waals surface area contributed by atoms with Crippen molar-refractivity contribution in [3.63, 3.8) is 0 Å². The first kappa shape index (κ1) is 12.5. The summed E-state index contributed by atoms with van der Waals surface area (Å²) in [4.78, 5) is 11.7. The number of halogens is 2. The van der Waals surface area contributed by atoms with Crippen LogP contribution in [-0.4, -0.2) is 17.4 Å².